The number of benzene rings is 1. The summed E-state index contributed by atoms with van der Waals surface area (Å²) >= 11 is 3.11. The normalized spacial score (nSPS) is 15.4. The molecule has 0 atom stereocenters. The third kappa shape index (κ3) is 4.49. The maximum absolute atomic E-state index is 13.3. The first kappa shape index (κ1) is 19.0. The molecule has 1 aromatic heterocycles. The lowest BCUT2D eigenvalue weighted by Crippen LogP contribution is -2.72. The van der Waals surface area contributed by atoms with Crippen LogP contribution >= 0.6 is 15.9 Å². The van der Waals surface area contributed by atoms with Gasteiger partial charge in [0.15, 0.2) is 0 Å². The lowest BCUT2D eigenvalue weighted by Gasteiger charge is -2.31. The van der Waals surface area contributed by atoms with Crippen molar-refractivity contribution >= 4 is 39.1 Å². The minimum atomic E-state index is -0.383. The Kier molecular flexibility index (Phi) is 5.81. The summed E-state index contributed by atoms with van der Waals surface area (Å²) in [5.74, 6) is 0.0836. The average Bonchev–Trinajstić information content (AvgIpc) is 2.70. The number of nitrogens with zero attached hydrogens (tertiary/aromatic N) is 3. The van der Waals surface area contributed by atoms with Crippen molar-refractivity contribution in [2.24, 2.45) is 11.7 Å². The molecule has 138 valence electrons. The van der Waals surface area contributed by atoms with Crippen molar-refractivity contribution in [2.45, 2.75) is 12.8 Å². The van der Waals surface area contributed by atoms with Crippen molar-refractivity contribution in [3.63, 3.8) is 0 Å². The number of aromatic nitrogens is 1. The van der Waals surface area contributed by atoms with Crippen LogP contribution in [0.5, 0.6) is 0 Å². The van der Waals surface area contributed by atoms with Gasteiger partial charge in [0.1, 0.15) is 17.3 Å². The van der Waals surface area contributed by atoms with Gasteiger partial charge in [-0.05, 0) is 53.0 Å². The van der Waals surface area contributed by atoms with Crippen molar-refractivity contribution < 1.29 is 14.2 Å². The first-order chi connectivity index (χ1) is 13.0. The second-order valence-corrected chi connectivity index (χ2v) is 7.16. The third-order valence-electron chi connectivity index (χ3n) is 4.53. The molecule has 0 radical (unpaired) electrons. The van der Waals surface area contributed by atoms with Gasteiger partial charge in [-0.2, -0.15) is 5.26 Å². The lowest BCUT2D eigenvalue weighted by atomic mass is 9.92. The van der Waals surface area contributed by atoms with E-state index in [0.29, 0.717) is 41.7 Å². The minimum Gasteiger partial charge on any atom is -0.357 e. The molecule has 0 bridgehead atoms. The number of carbonyl (C=O) groups is 1. The number of halogens is 2. The summed E-state index contributed by atoms with van der Waals surface area (Å²) in [5.41, 5.74) is 7.04. The van der Waals surface area contributed by atoms with Crippen LogP contribution in [0.15, 0.2) is 41.0 Å². The number of amidine groups is 1. The summed E-state index contributed by atoms with van der Waals surface area (Å²) in [6.07, 6.45) is 2.90. The van der Waals surface area contributed by atoms with Gasteiger partial charge < -0.3 is 4.90 Å². The largest absolute Gasteiger partial charge is 0.357 e. The van der Waals surface area contributed by atoms with Gasteiger partial charge in [0.2, 0.25) is 5.78 Å². The standard InChI is InChI=1S/C19H17BrFN5O/c20-15-10-14(1-2-16(15)21)25-19(23)18(27)13-4-7-26(8-5-13)17-9-12(11-22)3-6-24-17/h1-3,6,9-10,13H,4-5,7-8H2,(H2,23,25)/p+1. The number of nitrogens with one attached hydrogen (secondary N) is 1. The van der Waals surface area contributed by atoms with Crippen LogP contribution in [-0.2, 0) is 4.79 Å². The monoisotopic (exact) mass is 430 g/mol. The number of anilines is 1. The topological polar surface area (TPSA) is 97.0 Å². The van der Waals surface area contributed by atoms with Crippen molar-refractivity contribution in [3.8, 4) is 6.07 Å². The molecule has 8 heteroatoms. The van der Waals surface area contributed by atoms with E-state index in [4.69, 9.17) is 11.0 Å². The fourth-order valence-electron chi connectivity index (χ4n) is 3.04. The summed E-state index contributed by atoms with van der Waals surface area (Å²) in [4.78, 5) is 21.8. The zero-order chi connectivity index (χ0) is 19.4. The van der Waals surface area contributed by atoms with E-state index in [-0.39, 0.29) is 23.4 Å². The van der Waals surface area contributed by atoms with E-state index in [9.17, 15) is 9.18 Å². The number of piperidine rings is 1. The van der Waals surface area contributed by atoms with Crippen molar-refractivity contribution in [2.75, 3.05) is 18.0 Å². The molecule has 1 saturated heterocycles. The Morgan fingerprint density at radius 1 is 1.33 bits per heavy atom. The molecule has 1 aliphatic heterocycles. The van der Waals surface area contributed by atoms with Gasteiger partial charge in [-0.3, -0.25) is 10.5 Å². The Labute approximate surface area is 164 Å². The number of nitrogens with two attached hydrogens (primary N) is 1. The molecule has 0 aliphatic carbocycles. The van der Waals surface area contributed by atoms with E-state index < -0.39 is 0 Å². The van der Waals surface area contributed by atoms with Crippen LogP contribution in [-0.4, -0.2) is 29.7 Å². The molecule has 3 rings (SSSR count). The molecule has 0 amide bonds. The van der Waals surface area contributed by atoms with Crippen LogP contribution in [0.1, 0.15) is 18.4 Å². The molecule has 1 fully saturated rings. The number of rotatable bonds is 4. The molecule has 3 N–H and O–H groups in total. The molecule has 1 aliphatic rings. The van der Waals surface area contributed by atoms with Crippen LogP contribution in [0.25, 0.3) is 0 Å². The number of ketones is 1. The predicted molar refractivity (Wildman–Crippen MR) is 103 cm³/mol. The number of Topliss-reactive ketones (excluding diaryl/α,β-unsaturated/α-hetero) is 1. The maximum atomic E-state index is 13.3. The number of nitriles is 1. The summed E-state index contributed by atoms with van der Waals surface area (Å²) in [6.45, 7) is 1.32. The first-order valence-corrected chi connectivity index (χ1v) is 9.27. The molecule has 1 aromatic carbocycles. The van der Waals surface area contributed by atoms with Gasteiger partial charge in [-0.15, -0.1) is 0 Å². The first-order valence-electron chi connectivity index (χ1n) is 8.47. The lowest BCUT2D eigenvalue weighted by molar-refractivity contribution is -0.354. The number of pyridine rings is 1. The molecule has 0 spiro atoms. The molecule has 0 saturated carbocycles. The molecule has 27 heavy (non-hydrogen) atoms. The van der Waals surface area contributed by atoms with Gasteiger partial charge in [0.25, 0.3) is 0 Å². The highest BCUT2D eigenvalue weighted by Gasteiger charge is 2.30. The second kappa shape index (κ2) is 8.27. The van der Waals surface area contributed by atoms with Crippen molar-refractivity contribution in [1.29, 1.82) is 5.26 Å². The quantitative estimate of drug-likeness (QED) is 0.564. The van der Waals surface area contributed by atoms with E-state index in [0.717, 1.165) is 5.82 Å². The molecule has 6 nitrogen and oxygen atoms in total. The van der Waals surface area contributed by atoms with Crippen LogP contribution in [0, 0.1) is 23.1 Å². The maximum Gasteiger partial charge on any atom is 0.314 e. The van der Waals surface area contributed by atoms with Crippen molar-refractivity contribution in [1.82, 2.24) is 4.98 Å². The van der Waals surface area contributed by atoms with Gasteiger partial charge in [0, 0.05) is 31.3 Å². The number of hydrogen-bond acceptors (Lipinski definition) is 4. The van der Waals surface area contributed by atoms with E-state index in [2.05, 4.69) is 36.9 Å². The van der Waals surface area contributed by atoms with Crippen LogP contribution in [0.3, 0.4) is 0 Å². The Bertz CT molecular complexity index is 932. The fourth-order valence-corrected chi connectivity index (χ4v) is 3.42. The highest BCUT2D eigenvalue weighted by Crippen LogP contribution is 2.23. The summed E-state index contributed by atoms with van der Waals surface area (Å²) in [7, 11) is 0. The van der Waals surface area contributed by atoms with Gasteiger partial charge in [-0.25, -0.2) is 14.4 Å². The average molecular weight is 431 g/mol. The second-order valence-electron chi connectivity index (χ2n) is 6.31. The molecule has 2 heterocycles. The zero-order valence-corrected chi connectivity index (χ0v) is 16.0. The van der Waals surface area contributed by atoms with E-state index in [1.165, 1.54) is 18.2 Å². The van der Waals surface area contributed by atoms with Gasteiger partial charge in [-0.1, -0.05) is 0 Å². The Hall–Kier alpha value is -2.79. The summed E-state index contributed by atoms with van der Waals surface area (Å²) < 4.78 is 13.6. The fraction of sp³-hybridized carbons (Fsp3) is 0.263. The van der Waals surface area contributed by atoms with Gasteiger partial charge >= 0.3 is 5.84 Å². The van der Waals surface area contributed by atoms with Crippen LogP contribution in [0.2, 0.25) is 0 Å². The Morgan fingerprint density at radius 3 is 2.74 bits per heavy atom. The third-order valence-corrected chi connectivity index (χ3v) is 5.14. The number of carbonyl (C=O) groups excluding carboxylic acids is 1. The van der Waals surface area contributed by atoms with E-state index in [1.54, 1.807) is 18.3 Å². The predicted octanol–water partition coefficient (Wildman–Crippen LogP) is 1.41. The van der Waals surface area contributed by atoms with E-state index >= 15 is 0 Å². The Balaban J connectivity index is 1.64. The molecular weight excluding hydrogens is 413 g/mol. The minimum absolute atomic E-state index is 0.0524. The molecule has 2 aromatic rings. The summed E-state index contributed by atoms with van der Waals surface area (Å²) in [6, 6.07) is 9.87. The van der Waals surface area contributed by atoms with Gasteiger partial charge in [0.05, 0.1) is 16.1 Å². The van der Waals surface area contributed by atoms with E-state index in [1.807, 2.05) is 0 Å². The molecule has 0 unspecified atom stereocenters. The number of hydrogen-bond donors (Lipinski definition) is 2. The SMILES string of the molecule is N#Cc1ccnc(N2CCC(C(=O)C(N)=[NH+]c3ccc(F)c(Br)c3)CC2)c1. The molecular formula is C19H18BrFN5O+. The van der Waals surface area contributed by atoms with Crippen LogP contribution in [0.4, 0.5) is 15.9 Å². The highest BCUT2D eigenvalue weighted by atomic mass is 79.9. The smallest absolute Gasteiger partial charge is 0.314 e. The van der Waals surface area contributed by atoms with Crippen molar-refractivity contribution in [3.05, 3.63) is 52.4 Å². The Morgan fingerprint density at radius 2 is 2.07 bits per heavy atom. The highest BCUT2D eigenvalue weighted by molar-refractivity contribution is 9.10. The zero-order valence-electron chi connectivity index (χ0n) is 14.5. The van der Waals surface area contributed by atoms with Crippen LogP contribution < -0.4 is 15.6 Å². The summed E-state index contributed by atoms with van der Waals surface area (Å²) in [5, 5.41) is 9.00.